The van der Waals surface area contributed by atoms with Crippen LogP contribution in [0, 0.1) is 23.7 Å². The number of hydrogen-bond acceptors (Lipinski definition) is 5. The van der Waals surface area contributed by atoms with Crippen LogP contribution in [0.15, 0.2) is 0 Å². The molecule has 4 aliphatic rings. The van der Waals surface area contributed by atoms with Gasteiger partial charge in [-0.2, -0.15) is 0 Å². The maximum Gasteiger partial charge on any atom is 0.226 e. The zero-order valence-electron chi connectivity index (χ0n) is 24.0. The molecule has 4 saturated carbocycles. The number of carbonyl (C=O) groups is 2. The van der Waals surface area contributed by atoms with Crippen molar-refractivity contribution in [1.29, 1.82) is 0 Å². The van der Waals surface area contributed by atoms with E-state index in [1.54, 1.807) is 0 Å². The molecular formula is C30H52N2O5S. The van der Waals surface area contributed by atoms with Crippen molar-refractivity contribution in [2.24, 2.45) is 23.7 Å². The van der Waals surface area contributed by atoms with E-state index in [1.807, 2.05) is 18.7 Å². The summed E-state index contributed by atoms with van der Waals surface area (Å²) in [6.07, 6.45) is 13.1. The normalized spacial score (nSPS) is 32.9. The van der Waals surface area contributed by atoms with Crippen molar-refractivity contribution in [3.8, 4) is 0 Å². The molecule has 218 valence electrons. The monoisotopic (exact) mass is 552 g/mol. The minimum Gasteiger partial charge on any atom is -0.394 e. The number of nitrogens with one attached hydrogen (secondary N) is 1. The number of carbonyl (C=O) groups excluding carboxylic acids is 2. The zero-order valence-corrected chi connectivity index (χ0v) is 24.8. The van der Waals surface area contributed by atoms with Crippen LogP contribution in [0.4, 0.5) is 0 Å². The zero-order chi connectivity index (χ0) is 27.5. The van der Waals surface area contributed by atoms with Crippen molar-refractivity contribution in [1.82, 2.24) is 10.2 Å². The van der Waals surface area contributed by atoms with Crippen molar-refractivity contribution in [2.75, 3.05) is 12.4 Å². The summed E-state index contributed by atoms with van der Waals surface area (Å²) < 4.78 is 25.2. The van der Waals surface area contributed by atoms with Crippen molar-refractivity contribution >= 4 is 21.7 Å². The summed E-state index contributed by atoms with van der Waals surface area (Å²) in [5.74, 6) is 1.95. The van der Waals surface area contributed by atoms with Gasteiger partial charge in [0.15, 0.2) is 9.84 Å². The third-order valence-corrected chi connectivity index (χ3v) is 12.4. The molecule has 0 radical (unpaired) electrons. The predicted octanol–water partition coefficient (Wildman–Crippen LogP) is 4.61. The number of sulfone groups is 1. The van der Waals surface area contributed by atoms with Crippen molar-refractivity contribution in [3.05, 3.63) is 0 Å². The van der Waals surface area contributed by atoms with Crippen LogP contribution in [0.5, 0.6) is 0 Å². The van der Waals surface area contributed by atoms with E-state index in [-0.39, 0.29) is 47.6 Å². The third-order valence-electron chi connectivity index (χ3n) is 10.0. The van der Waals surface area contributed by atoms with Crippen LogP contribution in [0.1, 0.15) is 117 Å². The highest BCUT2D eigenvalue weighted by Crippen LogP contribution is 2.37. The van der Waals surface area contributed by atoms with Gasteiger partial charge in [-0.1, -0.05) is 6.92 Å². The first-order chi connectivity index (χ1) is 18.0. The van der Waals surface area contributed by atoms with Gasteiger partial charge in [0, 0.05) is 24.4 Å². The van der Waals surface area contributed by atoms with Gasteiger partial charge in [0.1, 0.15) is 0 Å². The second-order valence-electron chi connectivity index (χ2n) is 13.8. The Morgan fingerprint density at radius 2 is 1.42 bits per heavy atom. The lowest BCUT2D eigenvalue weighted by Crippen LogP contribution is -2.58. The first kappa shape index (κ1) is 29.8. The fourth-order valence-corrected chi connectivity index (χ4v) is 9.48. The van der Waals surface area contributed by atoms with Gasteiger partial charge < -0.3 is 15.3 Å². The summed E-state index contributed by atoms with van der Waals surface area (Å²) in [5.41, 5.74) is -0.566. The van der Waals surface area contributed by atoms with Crippen LogP contribution in [-0.2, 0) is 19.4 Å². The highest BCUT2D eigenvalue weighted by Gasteiger charge is 2.41. The largest absolute Gasteiger partial charge is 0.394 e. The fraction of sp³-hybridized carbons (Fsp3) is 0.933. The minimum atomic E-state index is -2.98. The average molecular weight is 553 g/mol. The van der Waals surface area contributed by atoms with E-state index in [2.05, 4.69) is 12.2 Å². The van der Waals surface area contributed by atoms with E-state index in [4.69, 9.17) is 0 Å². The molecular weight excluding hydrogens is 500 g/mol. The molecule has 2 amide bonds. The number of amides is 2. The Balaban J connectivity index is 1.21. The SMILES string of the molecule is CC1CCC(N(C(=O)C2CCC(NC(=O)CC3CCC(S(=O)(=O)CC4CC4)CC3)CC2)C(C)(C)CO)CC1. The van der Waals surface area contributed by atoms with Crippen LogP contribution >= 0.6 is 0 Å². The van der Waals surface area contributed by atoms with Crippen LogP contribution in [0.25, 0.3) is 0 Å². The molecule has 0 atom stereocenters. The minimum absolute atomic E-state index is 0.0371. The molecule has 0 saturated heterocycles. The summed E-state index contributed by atoms with van der Waals surface area (Å²) >= 11 is 0. The van der Waals surface area contributed by atoms with E-state index in [0.717, 1.165) is 77.0 Å². The molecule has 0 aromatic rings. The Hall–Kier alpha value is -1.15. The van der Waals surface area contributed by atoms with E-state index >= 15 is 0 Å². The molecule has 4 aliphatic carbocycles. The van der Waals surface area contributed by atoms with Crippen LogP contribution in [0.2, 0.25) is 0 Å². The van der Waals surface area contributed by atoms with Crippen molar-refractivity contribution < 1.29 is 23.1 Å². The van der Waals surface area contributed by atoms with E-state index in [1.165, 1.54) is 0 Å². The second kappa shape index (κ2) is 12.6. The van der Waals surface area contributed by atoms with Gasteiger partial charge >= 0.3 is 0 Å². The van der Waals surface area contributed by atoms with Crippen molar-refractivity contribution in [2.45, 2.75) is 140 Å². The Bertz CT molecular complexity index is 907. The topological polar surface area (TPSA) is 104 Å². The molecule has 0 aromatic carbocycles. The fourth-order valence-electron chi connectivity index (χ4n) is 7.22. The Morgan fingerprint density at radius 3 is 1.97 bits per heavy atom. The van der Waals surface area contributed by atoms with E-state index in [9.17, 15) is 23.1 Å². The molecule has 38 heavy (non-hydrogen) atoms. The van der Waals surface area contributed by atoms with Crippen LogP contribution < -0.4 is 5.32 Å². The van der Waals surface area contributed by atoms with Crippen molar-refractivity contribution in [3.63, 3.8) is 0 Å². The molecule has 8 heteroatoms. The summed E-state index contributed by atoms with van der Waals surface area (Å²) in [6, 6.07) is 0.314. The number of hydrogen-bond donors (Lipinski definition) is 2. The number of aliphatic hydroxyl groups excluding tert-OH is 1. The maximum absolute atomic E-state index is 13.7. The lowest BCUT2D eigenvalue weighted by molar-refractivity contribution is -0.149. The third kappa shape index (κ3) is 7.74. The first-order valence-corrected chi connectivity index (χ1v) is 17.1. The highest BCUT2D eigenvalue weighted by molar-refractivity contribution is 7.92. The highest BCUT2D eigenvalue weighted by atomic mass is 32.2. The summed E-state index contributed by atoms with van der Waals surface area (Å²) in [6.45, 7) is 6.20. The first-order valence-electron chi connectivity index (χ1n) is 15.4. The van der Waals surface area contributed by atoms with Gasteiger partial charge in [0.25, 0.3) is 0 Å². The molecule has 7 nitrogen and oxygen atoms in total. The summed E-state index contributed by atoms with van der Waals surface area (Å²) in [5, 5.41) is 13.1. The predicted molar refractivity (Wildman–Crippen MR) is 150 cm³/mol. The molecule has 0 aliphatic heterocycles. The Labute approximate surface area is 230 Å². The second-order valence-corrected chi connectivity index (χ2v) is 16.2. The van der Waals surface area contributed by atoms with E-state index in [0.29, 0.717) is 36.9 Å². The molecule has 0 aromatic heterocycles. The maximum atomic E-state index is 13.7. The lowest BCUT2D eigenvalue weighted by Gasteiger charge is -2.47. The van der Waals surface area contributed by atoms with Gasteiger partial charge in [0.05, 0.1) is 23.1 Å². The smallest absolute Gasteiger partial charge is 0.226 e. The average Bonchev–Trinajstić information content (AvgIpc) is 3.69. The summed E-state index contributed by atoms with van der Waals surface area (Å²) in [7, 11) is -2.98. The number of nitrogens with zero attached hydrogens (tertiary/aromatic N) is 1. The molecule has 2 N–H and O–H groups in total. The molecule has 0 bridgehead atoms. The quantitative estimate of drug-likeness (QED) is 0.412. The Morgan fingerprint density at radius 1 is 0.842 bits per heavy atom. The molecule has 4 rings (SSSR count). The molecule has 0 unspecified atom stereocenters. The summed E-state index contributed by atoms with van der Waals surface area (Å²) in [4.78, 5) is 28.5. The standard InChI is InChI=1S/C30H52N2O5S/c1-21-4-14-26(15-5-21)32(30(2,3)20-33)29(35)24-10-12-25(13-11-24)31-28(34)18-22-8-16-27(17-9-22)38(36,37)19-23-6-7-23/h21-27,33H,4-20H2,1-3H3,(H,31,34). The van der Waals surface area contributed by atoms with Crippen LogP contribution in [0.3, 0.4) is 0 Å². The molecule has 0 heterocycles. The van der Waals surface area contributed by atoms with Gasteiger partial charge in [-0.15, -0.1) is 0 Å². The van der Waals surface area contributed by atoms with Gasteiger partial charge in [-0.25, -0.2) is 8.42 Å². The molecule has 4 fully saturated rings. The van der Waals surface area contributed by atoms with E-state index < -0.39 is 15.4 Å². The number of aliphatic hydroxyl groups is 1. The van der Waals surface area contributed by atoms with Gasteiger partial charge in [0.2, 0.25) is 11.8 Å². The van der Waals surface area contributed by atoms with Gasteiger partial charge in [-0.3, -0.25) is 9.59 Å². The molecule has 0 spiro atoms. The number of rotatable bonds is 10. The van der Waals surface area contributed by atoms with Gasteiger partial charge in [-0.05, 0) is 121 Å². The lowest BCUT2D eigenvalue weighted by atomic mass is 9.81. The van der Waals surface area contributed by atoms with Crippen LogP contribution in [-0.4, -0.2) is 65.5 Å². The Kier molecular flexibility index (Phi) is 9.87.